The van der Waals surface area contributed by atoms with Gasteiger partial charge in [0.1, 0.15) is 19.8 Å². The maximum absolute atomic E-state index is 13.0. The number of para-hydroxylation sites is 1. The van der Waals surface area contributed by atoms with Crippen LogP contribution in [0.4, 0.5) is 5.69 Å². The fourth-order valence-electron chi connectivity index (χ4n) is 3.54. The minimum Gasteiger partial charge on any atom is -0.486 e. The molecule has 35 heavy (non-hydrogen) atoms. The van der Waals surface area contributed by atoms with Gasteiger partial charge >= 0.3 is 5.97 Å². The molecule has 0 aliphatic carbocycles. The zero-order valence-electron chi connectivity index (χ0n) is 18.5. The van der Waals surface area contributed by atoms with Gasteiger partial charge in [0.15, 0.2) is 11.5 Å². The van der Waals surface area contributed by atoms with Gasteiger partial charge in [-0.2, -0.15) is 5.10 Å². The minimum atomic E-state index is -4.00. The Morgan fingerprint density at radius 3 is 2.51 bits per heavy atom. The summed E-state index contributed by atoms with van der Waals surface area (Å²) in [6.07, 6.45) is 3.52. The summed E-state index contributed by atoms with van der Waals surface area (Å²) in [7, 11) is -4.00. The fraction of sp³-hybridized carbons (Fsp3) is 0.120. The third kappa shape index (κ3) is 4.97. The van der Waals surface area contributed by atoms with Gasteiger partial charge in [0.25, 0.3) is 10.0 Å². The highest BCUT2D eigenvalue weighted by atomic mass is 32.2. The van der Waals surface area contributed by atoms with Crippen molar-refractivity contribution in [2.45, 2.75) is 11.5 Å². The smallest absolute Gasteiger partial charge is 0.340 e. The average molecular weight is 492 g/mol. The van der Waals surface area contributed by atoms with Crippen LogP contribution in [0.2, 0.25) is 0 Å². The molecule has 0 radical (unpaired) electrons. The van der Waals surface area contributed by atoms with Gasteiger partial charge in [-0.1, -0.05) is 24.3 Å². The van der Waals surface area contributed by atoms with Crippen LogP contribution in [0.1, 0.15) is 15.9 Å². The van der Waals surface area contributed by atoms with E-state index in [1.165, 1.54) is 24.3 Å². The highest BCUT2D eigenvalue weighted by Crippen LogP contribution is 2.33. The summed E-state index contributed by atoms with van der Waals surface area (Å²) in [4.78, 5) is 12.8. The Kier molecular flexibility index (Phi) is 6.11. The highest BCUT2D eigenvalue weighted by molar-refractivity contribution is 7.92. The van der Waals surface area contributed by atoms with E-state index < -0.39 is 16.0 Å². The lowest BCUT2D eigenvalue weighted by Crippen LogP contribution is -2.18. The lowest BCUT2D eigenvalue weighted by molar-refractivity contribution is 0.0474. The molecule has 0 atom stereocenters. The first-order chi connectivity index (χ1) is 17.0. The normalized spacial score (nSPS) is 12.7. The molecule has 1 aliphatic heterocycles. The van der Waals surface area contributed by atoms with Gasteiger partial charge in [-0.3, -0.25) is 4.72 Å². The van der Waals surface area contributed by atoms with Crippen LogP contribution in [0.5, 0.6) is 11.5 Å². The van der Waals surface area contributed by atoms with Crippen molar-refractivity contribution in [2.24, 2.45) is 0 Å². The van der Waals surface area contributed by atoms with Crippen LogP contribution in [-0.4, -0.2) is 37.4 Å². The van der Waals surface area contributed by atoms with Crippen molar-refractivity contribution in [3.8, 4) is 17.2 Å². The molecule has 5 rings (SSSR count). The van der Waals surface area contributed by atoms with Gasteiger partial charge < -0.3 is 14.2 Å². The quantitative estimate of drug-likeness (QED) is 0.392. The minimum absolute atomic E-state index is 0.0119. The molecule has 0 fully saturated rings. The Morgan fingerprint density at radius 2 is 1.74 bits per heavy atom. The molecular weight excluding hydrogens is 470 g/mol. The second-order valence-electron chi connectivity index (χ2n) is 7.65. The molecule has 0 unspecified atom stereocenters. The summed E-state index contributed by atoms with van der Waals surface area (Å²) in [6, 6.07) is 19.9. The van der Waals surface area contributed by atoms with Crippen LogP contribution in [-0.2, 0) is 21.4 Å². The fourth-order valence-corrected chi connectivity index (χ4v) is 4.63. The van der Waals surface area contributed by atoms with E-state index in [1.54, 1.807) is 29.1 Å². The lowest BCUT2D eigenvalue weighted by Gasteiger charge is -2.19. The molecule has 178 valence electrons. The largest absolute Gasteiger partial charge is 0.486 e. The zero-order valence-corrected chi connectivity index (χ0v) is 19.3. The number of fused-ring (bicyclic) bond motifs is 1. The van der Waals surface area contributed by atoms with Gasteiger partial charge in [-0.15, -0.1) is 0 Å². The molecule has 0 saturated carbocycles. The molecule has 9 nitrogen and oxygen atoms in total. The zero-order chi connectivity index (χ0) is 24.3. The topological polar surface area (TPSA) is 109 Å². The number of sulfonamides is 1. The van der Waals surface area contributed by atoms with Crippen LogP contribution in [0.15, 0.2) is 90.1 Å². The second kappa shape index (κ2) is 9.51. The second-order valence-corrected chi connectivity index (χ2v) is 9.33. The standard InChI is InChI=1S/C25H21N3O6S/c29-25(34-17-18-6-8-19(9-7-18)28-13-3-12-26-28)21-4-1-2-5-22(21)27-35(30,31)20-10-11-23-24(16-20)33-15-14-32-23/h1-13,16,27H,14-15,17H2. The molecule has 0 spiro atoms. The molecule has 2 heterocycles. The van der Waals surface area contributed by atoms with Gasteiger partial charge in [0.2, 0.25) is 0 Å². The number of nitrogens with one attached hydrogen (secondary N) is 1. The van der Waals surface area contributed by atoms with Gasteiger partial charge in [0.05, 0.1) is 21.8 Å². The predicted octanol–water partition coefficient (Wildman–Crippen LogP) is 3.80. The van der Waals surface area contributed by atoms with Crippen molar-refractivity contribution in [3.63, 3.8) is 0 Å². The van der Waals surface area contributed by atoms with Crippen molar-refractivity contribution in [1.29, 1.82) is 0 Å². The SMILES string of the molecule is O=C(OCc1ccc(-n2cccn2)cc1)c1ccccc1NS(=O)(=O)c1ccc2c(c1)OCCO2. The molecule has 0 saturated heterocycles. The van der Waals surface area contributed by atoms with Crippen molar-refractivity contribution < 1.29 is 27.4 Å². The molecule has 1 aliphatic rings. The van der Waals surface area contributed by atoms with Crippen LogP contribution in [0.3, 0.4) is 0 Å². The Morgan fingerprint density at radius 1 is 0.971 bits per heavy atom. The molecule has 1 aromatic heterocycles. The van der Waals surface area contributed by atoms with Gasteiger partial charge in [-0.25, -0.2) is 17.9 Å². The van der Waals surface area contributed by atoms with Crippen molar-refractivity contribution in [2.75, 3.05) is 17.9 Å². The molecular formula is C25H21N3O6S. The number of anilines is 1. The Labute approximate surface area is 201 Å². The summed E-state index contributed by atoms with van der Waals surface area (Å²) in [5.41, 5.74) is 1.87. The summed E-state index contributed by atoms with van der Waals surface area (Å²) < 4.78 is 46.6. The van der Waals surface area contributed by atoms with Crippen molar-refractivity contribution in [3.05, 3.63) is 96.3 Å². The number of ether oxygens (including phenoxy) is 3. The van der Waals surface area contributed by atoms with E-state index in [-0.39, 0.29) is 22.8 Å². The van der Waals surface area contributed by atoms with E-state index in [4.69, 9.17) is 14.2 Å². The van der Waals surface area contributed by atoms with Crippen molar-refractivity contribution >= 4 is 21.7 Å². The van der Waals surface area contributed by atoms with Crippen LogP contribution < -0.4 is 14.2 Å². The number of benzene rings is 3. The molecule has 0 amide bonds. The van der Waals surface area contributed by atoms with Gasteiger partial charge in [-0.05, 0) is 48.0 Å². The maximum Gasteiger partial charge on any atom is 0.340 e. The summed E-state index contributed by atoms with van der Waals surface area (Å²) in [5, 5.41) is 4.17. The number of nitrogens with zero attached hydrogens (tertiary/aromatic N) is 2. The molecule has 1 N–H and O–H groups in total. The molecule has 4 aromatic rings. The third-order valence-corrected chi connectivity index (χ3v) is 6.65. The summed E-state index contributed by atoms with van der Waals surface area (Å²) in [6.45, 7) is 0.771. The first-order valence-corrected chi connectivity index (χ1v) is 12.3. The van der Waals surface area contributed by atoms with Crippen LogP contribution >= 0.6 is 0 Å². The number of carbonyl (C=O) groups excluding carboxylic acids is 1. The first-order valence-electron chi connectivity index (χ1n) is 10.8. The third-order valence-electron chi connectivity index (χ3n) is 5.29. The first kappa shape index (κ1) is 22.5. The van der Waals surface area contributed by atoms with E-state index >= 15 is 0 Å². The van der Waals surface area contributed by atoms with E-state index in [2.05, 4.69) is 9.82 Å². The average Bonchev–Trinajstić information content (AvgIpc) is 3.42. The number of hydrogen-bond donors (Lipinski definition) is 1. The van der Waals surface area contributed by atoms with E-state index in [0.717, 1.165) is 11.3 Å². The highest BCUT2D eigenvalue weighted by Gasteiger charge is 2.22. The number of hydrogen-bond acceptors (Lipinski definition) is 7. The Balaban J connectivity index is 1.29. The van der Waals surface area contributed by atoms with Crippen LogP contribution in [0.25, 0.3) is 5.69 Å². The Hall–Kier alpha value is -4.31. The number of rotatable bonds is 7. The van der Waals surface area contributed by atoms with Gasteiger partial charge in [0, 0.05) is 18.5 Å². The molecule has 0 bridgehead atoms. The van der Waals surface area contributed by atoms with E-state index in [9.17, 15) is 13.2 Å². The van der Waals surface area contributed by atoms with Crippen molar-refractivity contribution in [1.82, 2.24) is 9.78 Å². The van der Waals surface area contributed by atoms with Crippen LogP contribution in [0, 0.1) is 0 Å². The Bertz CT molecular complexity index is 1450. The molecule has 10 heteroatoms. The summed E-state index contributed by atoms with van der Waals surface area (Å²) in [5.74, 6) is 0.184. The lowest BCUT2D eigenvalue weighted by atomic mass is 10.2. The maximum atomic E-state index is 13.0. The summed E-state index contributed by atoms with van der Waals surface area (Å²) >= 11 is 0. The number of carbonyl (C=O) groups is 1. The monoisotopic (exact) mass is 491 g/mol. The van der Waals surface area contributed by atoms with E-state index in [1.807, 2.05) is 36.5 Å². The van der Waals surface area contributed by atoms with E-state index in [0.29, 0.717) is 24.7 Å². The predicted molar refractivity (Wildman–Crippen MR) is 127 cm³/mol. The number of esters is 1. The molecule has 3 aromatic carbocycles. The number of aromatic nitrogens is 2.